The zero-order chi connectivity index (χ0) is 47.7. The summed E-state index contributed by atoms with van der Waals surface area (Å²) in [4.78, 5) is 81.6. The van der Waals surface area contributed by atoms with Crippen molar-refractivity contribution in [2.24, 2.45) is 29.0 Å². The Morgan fingerprint density at radius 1 is 0.969 bits per heavy atom. The van der Waals surface area contributed by atoms with Gasteiger partial charge in [0.2, 0.25) is 11.8 Å². The van der Waals surface area contributed by atoms with Crippen LogP contribution in [0.1, 0.15) is 110 Å². The van der Waals surface area contributed by atoms with Crippen LogP contribution in [-0.2, 0) is 37.6 Å². The number of nitrogens with two attached hydrogens (primary N) is 3. The van der Waals surface area contributed by atoms with Gasteiger partial charge >= 0.3 is 0 Å². The number of aromatic nitrogens is 2. The number of benzene rings is 3. The predicted octanol–water partition coefficient (Wildman–Crippen LogP) is 5.47. The highest BCUT2D eigenvalue weighted by atomic mass is 16.5. The third kappa shape index (κ3) is 11.7. The number of carbonyl (C=O) groups excluding carboxylic acids is 5. The van der Waals surface area contributed by atoms with E-state index in [1.54, 1.807) is 45.0 Å². The smallest absolute Gasteiger partial charge is 0.226 e. The van der Waals surface area contributed by atoms with E-state index >= 15 is 0 Å². The molecule has 3 aromatic carbocycles. The zero-order valence-electron chi connectivity index (χ0n) is 38.5. The first-order chi connectivity index (χ1) is 30.8. The van der Waals surface area contributed by atoms with Crippen LogP contribution in [0.5, 0.6) is 11.5 Å². The number of nitrogens with zero attached hydrogens (tertiary/aromatic N) is 4. The van der Waals surface area contributed by atoms with E-state index in [0.717, 1.165) is 11.1 Å². The lowest BCUT2D eigenvalue weighted by atomic mass is 9.86. The quantitative estimate of drug-likeness (QED) is 0.0929. The third-order valence-corrected chi connectivity index (χ3v) is 12.0. The van der Waals surface area contributed by atoms with E-state index in [1.807, 2.05) is 30.3 Å². The number of hydrogen-bond acceptors (Lipinski definition) is 13. The van der Waals surface area contributed by atoms with Crippen molar-refractivity contribution in [2.75, 3.05) is 26.7 Å². The molecule has 8 N–H and O–H groups in total. The maximum Gasteiger partial charge on any atom is 0.226 e. The molecule has 0 aliphatic carbocycles. The van der Waals surface area contributed by atoms with Gasteiger partial charge in [-0.3, -0.25) is 24.0 Å². The summed E-state index contributed by atoms with van der Waals surface area (Å²) in [6.07, 6.45) is -0.649. The van der Waals surface area contributed by atoms with Crippen molar-refractivity contribution in [2.45, 2.75) is 104 Å². The summed E-state index contributed by atoms with van der Waals surface area (Å²) in [5.74, 6) is -3.63. The number of fused-ring (bicyclic) bond motifs is 5. The van der Waals surface area contributed by atoms with Gasteiger partial charge in [0.15, 0.2) is 23.2 Å². The van der Waals surface area contributed by atoms with Crippen molar-refractivity contribution in [3.8, 4) is 40.1 Å². The molecule has 0 fully saturated rings. The number of phenolic OH excluding ortho intramolecular Hbond substituents is 1. The van der Waals surface area contributed by atoms with Gasteiger partial charge in [0.05, 0.1) is 29.1 Å². The maximum atomic E-state index is 14.8. The van der Waals surface area contributed by atoms with Gasteiger partial charge in [-0.15, -0.1) is 0 Å². The van der Waals surface area contributed by atoms with Crippen LogP contribution < -0.4 is 27.3 Å². The maximum absolute atomic E-state index is 14.8. The number of ether oxygens (including phenoxy) is 1. The molecule has 2 heterocycles. The molecule has 15 heteroatoms. The van der Waals surface area contributed by atoms with Gasteiger partial charge in [0.1, 0.15) is 24.1 Å². The minimum Gasteiger partial charge on any atom is -0.507 e. The minimum absolute atomic E-state index is 0.00283. The number of ketones is 3. The SMILES string of the molecule is Cc1nc(-c2ccc(C(C)(C)C)cc2)nc(C)c1C(=O)C[C@@H](CCN)C(=O)N(C)[C@@H]1C(=O)C[C@@H](C)C(=O)N[C@H](C(=O)CCC#N)Cc2cc(c(O)cc2CN)-c2cc1ccc2OCCN. The summed E-state index contributed by atoms with van der Waals surface area (Å²) >= 11 is 0. The molecule has 1 aliphatic rings. The second-order valence-corrected chi connectivity index (χ2v) is 17.9. The van der Waals surface area contributed by atoms with Crippen molar-refractivity contribution in [1.82, 2.24) is 20.2 Å². The van der Waals surface area contributed by atoms with E-state index in [1.165, 1.54) is 18.0 Å². The number of likely N-dealkylation sites (N-methyl/N-ethyl adjacent to an activating group) is 1. The first-order valence-corrected chi connectivity index (χ1v) is 22.0. The Bertz CT molecular complexity index is 2450. The number of nitrogens with one attached hydrogen (secondary N) is 1. The molecule has 0 radical (unpaired) electrons. The van der Waals surface area contributed by atoms with Crippen LogP contribution >= 0.6 is 0 Å². The number of rotatable bonds is 15. The Kier molecular flexibility index (Phi) is 16.5. The van der Waals surface area contributed by atoms with Crippen molar-refractivity contribution < 1.29 is 33.8 Å². The Hall–Kier alpha value is -6.34. The lowest BCUT2D eigenvalue weighted by molar-refractivity contribution is -0.142. The Morgan fingerprint density at radius 2 is 1.65 bits per heavy atom. The zero-order valence-corrected chi connectivity index (χ0v) is 38.5. The van der Waals surface area contributed by atoms with Crippen molar-refractivity contribution >= 4 is 29.2 Å². The van der Waals surface area contributed by atoms with Gasteiger partial charge in [0.25, 0.3) is 0 Å². The average molecular weight is 887 g/mol. The van der Waals surface area contributed by atoms with Gasteiger partial charge in [-0.25, -0.2) is 9.97 Å². The summed E-state index contributed by atoms with van der Waals surface area (Å²) in [5.41, 5.74) is 23.2. The number of phenols is 1. The Balaban J connectivity index is 1.57. The molecule has 65 heavy (non-hydrogen) atoms. The van der Waals surface area contributed by atoms with Gasteiger partial charge in [-0.2, -0.15) is 5.26 Å². The summed E-state index contributed by atoms with van der Waals surface area (Å²) < 4.78 is 6.04. The summed E-state index contributed by atoms with van der Waals surface area (Å²) in [5, 5.41) is 23.5. The van der Waals surface area contributed by atoms with Crippen molar-refractivity contribution in [3.05, 3.63) is 93.8 Å². The fourth-order valence-electron chi connectivity index (χ4n) is 8.38. The first kappa shape index (κ1) is 49.7. The third-order valence-electron chi connectivity index (χ3n) is 12.0. The van der Waals surface area contributed by atoms with E-state index in [9.17, 15) is 34.3 Å². The van der Waals surface area contributed by atoms with E-state index in [4.69, 9.17) is 31.9 Å². The molecule has 4 atom stereocenters. The second kappa shape index (κ2) is 21.6. The molecule has 1 aromatic heterocycles. The molecule has 4 bridgehead atoms. The van der Waals surface area contributed by atoms with Gasteiger partial charge in [0, 0.05) is 80.8 Å². The fourth-order valence-corrected chi connectivity index (χ4v) is 8.38. The summed E-state index contributed by atoms with van der Waals surface area (Å²) in [6, 6.07) is 15.6. The molecular formula is C50H62N8O7. The Labute approximate surface area is 381 Å². The largest absolute Gasteiger partial charge is 0.507 e. The van der Waals surface area contributed by atoms with Crippen LogP contribution in [0.25, 0.3) is 22.5 Å². The number of amides is 2. The monoisotopic (exact) mass is 886 g/mol. The number of aromatic hydroxyl groups is 1. The van der Waals surface area contributed by atoms with E-state index in [2.05, 4.69) is 26.1 Å². The topological polar surface area (TPSA) is 258 Å². The highest BCUT2D eigenvalue weighted by Crippen LogP contribution is 2.41. The van der Waals surface area contributed by atoms with Crippen LogP contribution in [0.15, 0.2) is 54.6 Å². The van der Waals surface area contributed by atoms with Crippen molar-refractivity contribution in [1.29, 1.82) is 5.26 Å². The van der Waals surface area contributed by atoms with Crippen LogP contribution in [-0.4, -0.2) is 81.9 Å². The number of carbonyl (C=O) groups is 5. The number of Topliss-reactive ketones (excluding diaryl/α,β-unsaturated/α-hetero) is 3. The lowest BCUT2D eigenvalue weighted by Gasteiger charge is -2.32. The highest BCUT2D eigenvalue weighted by molar-refractivity contribution is 6.01. The number of hydrogen-bond donors (Lipinski definition) is 5. The number of aryl methyl sites for hydroxylation is 2. The number of nitriles is 1. The predicted molar refractivity (Wildman–Crippen MR) is 248 cm³/mol. The average Bonchev–Trinajstić information content (AvgIpc) is 3.26. The van der Waals surface area contributed by atoms with Crippen LogP contribution in [0.2, 0.25) is 0 Å². The van der Waals surface area contributed by atoms with Crippen molar-refractivity contribution in [3.63, 3.8) is 0 Å². The molecular weight excluding hydrogens is 825 g/mol. The molecule has 4 aromatic rings. The van der Waals surface area contributed by atoms with E-state index in [-0.39, 0.29) is 93.1 Å². The van der Waals surface area contributed by atoms with E-state index in [0.29, 0.717) is 50.8 Å². The lowest BCUT2D eigenvalue weighted by Crippen LogP contribution is -2.46. The molecule has 5 rings (SSSR count). The Morgan fingerprint density at radius 3 is 2.25 bits per heavy atom. The second-order valence-electron chi connectivity index (χ2n) is 17.9. The van der Waals surface area contributed by atoms with Gasteiger partial charge in [-0.1, -0.05) is 58.0 Å². The van der Waals surface area contributed by atoms with Gasteiger partial charge < -0.3 is 37.3 Å². The molecule has 0 spiro atoms. The fraction of sp³-hybridized carbons (Fsp3) is 0.440. The van der Waals surface area contributed by atoms with Gasteiger partial charge in [-0.05, 0) is 78.7 Å². The van der Waals surface area contributed by atoms with Crippen LogP contribution in [0.3, 0.4) is 0 Å². The summed E-state index contributed by atoms with van der Waals surface area (Å²) in [6.45, 7) is 11.8. The highest BCUT2D eigenvalue weighted by Gasteiger charge is 2.37. The van der Waals surface area contributed by atoms with Crippen LogP contribution in [0, 0.1) is 37.0 Å². The normalized spacial score (nSPS) is 17.0. The molecule has 15 nitrogen and oxygen atoms in total. The molecule has 1 aliphatic heterocycles. The van der Waals surface area contributed by atoms with Crippen LogP contribution in [0.4, 0.5) is 0 Å². The molecule has 2 amide bonds. The first-order valence-electron chi connectivity index (χ1n) is 22.0. The summed E-state index contributed by atoms with van der Waals surface area (Å²) in [7, 11) is 1.47. The molecule has 0 saturated heterocycles. The molecule has 344 valence electrons. The van der Waals surface area contributed by atoms with E-state index < -0.39 is 41.5 Å². The standard InChI is InChI=1S/C50H62N8O7/c1-28-21-43(62)46(58(7)49(64)33(16-18-52)25-42(61)45-29(2)55-47(56-30(45)3)31-10-13-36(14-11-31)50(4,5)6)32-12-15-44(65-20-19-53)38(22-32)37-23-34(35(27-54)26-41(37)60)24-39(57-48(28)63)40(59)9-8-17-51/h10-15,22-23,26,28,33,39,46,60H,8-9,16,18-21,24-25,27,52-54H2,1-7H3,(H,57,63)/t28-,33-,39+,46+/m1/s1. The molecule has 0 unspecified atom stereocenters. The molecule has 0 saturated carbocycles. The minimum atomic E-state index is -1.29.